The normalized spacial score (nSPS) is 14.4. The van der Waals surface area contributed by atoms with Gasteiger partial charge in [-0.3, -0.25) is 14.4 Å². The Morgan fingerprint density at radius 2 is 1.69 bits per heavy atom. The van der Waals surface area contributed by atoms with Gasteiger partial charge in [-0.15, -0.1) is 0 Å². The summed E-state index contributed by atoms with van der Waals surface area (Å²) in [6, 6.07) is 18.7. The van der Waals surface area contributed by atoms with Crippen molar-refractivity contribution in [1.29, 1.82) is 0 Å². The molecule has 8 nitrogen and oxygen atoms in total. The maximum atomic E-state index is 13.6. The molecule has 1 fully saturated rings. The summed E-state index contributed by atoms with van der Waals surface area (Å²) in [5.41, 5.74) is 2.92. The summed E-state index contributed by atoms with van der Waals surface area (Å²) in [5, 5.41) is 2.84. The van der Waals surface area contributed by atoms with Crippen LogP contribution in [0.15, 0.2) is 71.3 Å². The van der Waals surface area contributed by atoms with E-state index in [9.17, 15) is 14.4 Å². The quantitative estimate of drug-likeness (QED) is 0.409. The number of carbonyl (C=O) groups excluding carboxylic acids is 3. The van der Waals surface area contributed by atoms with Crippen molar-refractivity contribution >= 4 is 29.1 Å². The summed E-state index contributed by atoms with van der Waals surface area (Å²) in [7, 11) is 0. The van der Waals surface area contributed by atoms with Gasteiger partial charge in [0.25, 0.3) is 11.8 Å². The standard InChI is InChI=1S/C31H38N4O4/c1-4-25(23-12-8-7-9-13-23)30(37)35-18-11-17-34(19-20-35)27-16-15-24(32-29(36)28-14-10-21-39-28)22-26(27)31(38)33(5-2)6-3/h7-10,12-16,21-22,25H,4-6,11,17-20H2,1-3H3,(H,32,36)/t25-/m0/s1. The van der Waals surface area contributed by atoms with Gasteiger partial charge in [0.05, 0.1) is 17.7 Å². The van der Waals surface area contributed by atoms with Gasteiger partial charge in [-0.2, -0.15) is 0 Å². The van der Waals surface area contributed by atoms with Crippen molar-refractivity contribution in [3.63, 3.8) is 0 Å². The molecule has 1 aliphatic rings. The Kier molecular flexibility index (Phi) is 9.41. The van der Waals surface area contributed by atoms with E-state index in [1.54, 1.807) is 23.1 Å². The van der Waals surface area contributed by atoms with Crippen molar-refractivity contribution < 1.29 is 18.8 Å². The lowest BCUT2D eigenvalue weighted by Crippen LogP contribution is -2.38. The molecule has 0 bridgehead atoms. The SMILES string of the molecule is CC[C@H](C(=O)N1CCCN(c2ccc(NC(=O)c3ccco3)cc2C(=O)N(CC)CC)CC1)c1ccccc1. The summed E-state index contributed by atoms with van der Waals surface area (Å²) in [6.45, 7) is 9.72. The van der Waals surface area contributed by atoms with Crippen molar-refractivity contribution in [3.8, 4) is 0 Å². The molecule has 2 heterocycles. The van der Waals surface area contributed by atoms with E-state index in [4.69, 9.17) is 4.42 Å². The van der Waals surface area contributed by atoms with E-state index in [1.807, 2.05) is 61.2 Å². The van der Waals surface area contributed by atoms with Crippen LogP contribution in [0.2, 0.25) is 0 Å². The minimum Gasteiger partial charge on any atom is -0.459 e. The zero-order valence-electron chi connectivity index (χ0n) is 23.1. The lowest BCUT2D eigenvalue weighted by molar-refractivity contribution is -0.132. The molecule has 2 aromatic carbocycles. The number of furan rings is 1. The van der Waals surface area contributed by atoms with Crippen LogP contribution >= 0.6 is 0 Å². The minimum atomic E-state index is -0.373. The minimum absolute atomic E-state index is 0.0867. The number of nitrogens with one attached hydrogen (secondary N) is 1. The molecule has 0 spiro atoms. The van der Waals surface area contributed by atoms with Crippen LogP contribution in [0.3, 0.4) is 0 Å². The molecule has 1 saturated heterocycles. The second kappa shape index (κ2) is 13.1. The molecular weight excluding hydrogens is 492 g/mol. The van der Waals surface area contributed by atoms with E-state index < -0.39 is 0 Å². The highest BCUT2D eigenvalue weighted by molar-refractivity contribution is 6.05. The van der Waals surface area contributed by atoms with Crippen LogP contribution in [0.1, 0.15) is 66.0 Å². The molecule has 0 unspecified atom stereocenters. The number of nitrogens with zero attached hydrogens (tertiary/aromatic N) is 3. The molecule has 4 rings (SSSR count). The molecule has 8 heteroatoms. The molecule has 3 aromatic rings. The largest absolute Gasteiger partial charge is 0.459 e. The topological polar surface area (TPSA) is 86.1 Å². The van der Waals surface area contributed by atoms with Gasteiger partial charge < -0.3 is 24.4 Å². The highest BCUT2D eigenvalue weighted by Crippen LogP contribution is 2.29. The lowest BCUT2D eigenvalue weighted by atomic mass is 9.95. The monoisotopic (exact) mass is 530 g/mol. The van der Waals surface area contributed by atoms with Crippen molar-refractivity contribution in [2.45, 2.75) is 39.5 Å². The van der Waals surface area contributed by atoms with Gasteiger partial charge in [-0.05, 0) is 62.6 Å². The molecule has 0 saturated carbocycles. The van der Waals surface area contributed by atoms with Crippen LogP contribution in [0.5, 0.6) is 0 Å². The number of carbonyl (C=O) groups is 3. The maximum absolute atomic E-state index is 13.6. The number of hydrogen-bond acceptors (Lipinski definition) is 5. The van der Waals surface area contributed by atoms with E-state index >= 15 is 0 Å². The molecular formula is C31H38N4O4. The second-order valence-corrected chi connectivity index (χ2v) is 9.68. The number of anilines is 2. The Morgan fingerprint density at radius 1 is 0.923 bits per heavy atom. The van der Waals surface area contributed by atoms with Gasteiger partial charge in [0.15, 0.2) is 5.76 Å². The lowest BCUT2D eigenvalue weighted by Gasteiger charge is -2.29. The Labute approximate surface area is 230 Å². The first kappa shape index (κ1) is 28.0. The van der Waals surface area contributed by atoms with Gasteiger partial charge in [0.1, 0.15) is 0 Å². The molecule has 1 atom stereocenters. The van der Waals surface area contributed by atoms with Gasteiger partial charge in [-0.25, -0.2) is 0 Å². The molecule has 39 heavy (non-hydrogen) atoms. The van der Waals surface area contributed by atoms with Crippen LogP contribution in [-0.4, -0.2) is 66.8 Å². The Bertz CT molecular complexity index is 1250. The van der Waals surface area contributed by atoms with Gasteiger partial charge in [0, 0.05) is 50.6 Å². The van der Waals surface area contributed by atoms with Crippen LogP contribution in [-0.2, 0) is 4.79 Å². The maximum Gasteiger partial charge on any atom is 0.291 e. The second-order valence-electron chi connectivity index (χ2n) is 9.68. The first-order valence-electron chi connectivity index (χ1n) is 13.8. The molecule has 1 N–H and O–H groups in total. The highest BCUT2D eigenvalue weighted by Gasteiger charge is 2.28. The van der Waals surface area contributed by atoms with E-state index in [2.05, 4.69) is 17.1 Å². The predicted octanol–water partition coefficient (Wildman–Crippen LogP) is 5.25. The van der Waals surface area contributed by atoms with Crippen molar-refractivity contribution in [3.05, 3.63) is 83.8 Å². The molecule has 206 valence electrons. The van der Waals surface area contributed by atoms with Crippen LogP contribution in [0.25, 0.3) is 0 Å². The summed E-state index contributed by atoms with van der Waals surface area (Å²) in [5.74, 6) is -0.261. The Hall–Kier alpha value is -4.07. The van der Waals surface area contributed by atoms with Gasteiger partial charge in [-0.1, -0.05) is 37.3 Å². The van der Waals surface area contributed by atoms with Crippen molar-refractivity contribution in [2.24, 2.45) is 0 Å². The summed E-state index contributed by atoms with van der Waals surface area (Å²) >= 11 is 0. The highest BCUT2D eigenvalue weighted by atomic mass is 16.3. The first-order chi connectivity index (χ1) is 19.0. The van der Waals surface area contributed by atoms with Gasteiger partial charge >= 0.3 is 0 Å². The fraction of sp³-hybridized carbons (Fsp3) is 0.387. The fourth-order valence-corrected chi connectivity index (χ4v) is 5.18. The molecule has 1 aromatic heterocycles. The van der Waals surface area contributed by atoms with E-state index in [1.165, 1.54) is 6.26 Å². The third-order valence-corrected chi connectivity index (χ3v) is 7.34. The Balaban J connectivity index is 1.56. The van der Waals surface area contributed by atoms with Gasteiger partial charge in [0.2, 0.25) is 5.91 Å². The Morgan fingerprint density at radius 3 is 2.36 bits per heavy atom. The fourth-order valence-electron chi connectivity index (χ4n) is 5.18. The zero-order valence-corrected chi connectivity index (χ0v) is 23.1. The third-order valence-electron chi connectivity index (χ3n) is 7.34. The van der Waals surface area contributed by atoms with Crippen LogP contribution < -0.4 is 10.2 Å². The third kappa shape index (κ3) is 6.50. The number of amides is 3. The predicted molar refractivity (Wildman–Crippen MR) is 153 cm³/mol. The molecule has 3 amide bonds. The summed E-state index contributed by atoms with van der Waals surface area (Å²) in [6.07, 6.45) is 2.99. The summed E-state index contributed by atoms with van der Waals surface area (Å²) in [4.78, 5) is 45.6. The number of rotatable bonds is 9. The zero-order chi connectivity index (χ0) is 27.8. The average molecular weight is 531 g/mol. The van der Waals surface area contributed by atoms with E-state index in [0.717, 1.165) is 30.6 Å². The molecule has 0 radical (unpaired) electrons. The smallest absolute Gasteiger partial charge is 0.291 e. The summed E-state index contributed by atoms with van der Waals surface area (Å²) < 4.78 is 5.21. The average Bonchev–Trinajstić information content (AvgIpc) is 3.40. The van der Waals surface area contributed by atoms with E-state index in [0.29, 0.717) is 44.0 Å². The van der Waals surface area contributed by atoms with Crippen molar-refractivity contribution in [2.75, 3.05) is 49.5 Å². The van der Waals surface area contributed by atoms with Crippen LogP contribution in [0, 0.1) is 0 Å². The number of benzene rings is 2. The van der Waals surface area contributed by atoms with E-state index in [-0.39, 0.29) is 29.4 Å². The number of hydrogen-bond donors (Lipinski definition) is 1. The first-order valence-corrected chi connectivity index (χ1v) is 13.8. The molecule has 0 aliphatic carbocycles. The van der Waals surface area contributed by atoms with Crippen molar-refractivity contribution in [1.82, 2.24) is 9.80 Å². The molecule has 1 aliphatic heterocycles. The van der Waals surface area contributed by atoms with Crippen LogP contribution in [0.4, 0.5) is 11.4 Å².